The lowest BCUT2D eigenvalue weighted by molar-refractivity contribution is 0.0917. The summed E-state index contributed by atoms with van der Waals surface area (Å²) in [6, 6.07) is 11.7. The fourth-order valence-corrected chi connectivity index (χ4v) is 4.59. The fraction of sp³-hybridized carbons (Fsp3) is 0.333. The van der Waals surface area contributed by atoms with Gasteiger partial charge in [-0.3, -0.25) is 9.69 Å². The van der Waals surface area contributed by atoms with Crippen molar-refractivity contribution in [2.24, 2.45) is 0 Å². The molecule has 1 aliphatic heterocycles. The Balaban J connectivity index is 1.72. The van der Waals surface area contributed by atoms with E-state index in [2.05, 4.69) is 41.9 Å². The third-order valence-electron chi connectivity index (χ3n) is 4.97. The van der Waals surface area contributed by atoms with Crippen molar-refractivity contribution < 1.29 is 9.53 Å². The number of amides is 1. The number of thiazole rings is 1. The number of nitrogens with zero attached hydrogens (tertiary/aromatic N) is 2. The van der Waals surface area contributed by atoms with Crippen LogP contribution in [0.25, 0.3) is 10.2 Å². The highest BCUT2D eigenvalue weighted by Gasteiger charge is 2.27. The number of anilines is 1. The molecule has 1 amide bonds. The van der Waals surface area contributed by atoms with Gasteiger partial charge in [-0.05, 0) is 74.2 Å². The van der Waals surface area contributed by atoms with Crippen molar-refractivity contribution in [1.29, 1.82) is 0 Å². The third-order valence-corrected chi connectivity index (χ3v) is 6.54. The minimum atomic E-state index is -0.0366. The van der Waals surface area contributed by atoms with E-state index in [0.29, 0.717) is 12.1 Å². The fourth-order valence-electron chi connectivity index (χ4n) is 3.27. The van der Waals surface area contributed by atoms with Crippen LogP contribution < -0.4 is 4.90 Å². The standard InChI is InChI=1S/C21H21BrN2O2S/c1-13-10-18-19(11-14(13)2)27-21(23-18)24(12-17-4-3-9-26-17)20(25)15-5-7-16(22)8-6-15/h5-8,10-11,17H,3-4,9,12H2,1-2H3. The van der Waals surface area contributed by atoms with Crippen LogP contribution >= 0.6 is 27.3 Å². The zero-order chi connectivity index (χ0) is 19.0. The Morgan fingerprint density at radius 3 is 2.70 bits per heavy atom. The molecule has 0 aliphatic carbocycles. The van der Waals surface area contributed by atoms with E-state index in [1.807, 2.05) is 24.3 Å². The van der Waals surface area contributed by atoms with Crippen LogP contribution in [0.2, 0.25) is 0 Å². The Morgan fingerprint density at radius 2 is 2.00 bits per heavy atom. The van der Waals surface area contributed by atoms with Crippen molar-refractivity contribution in [3.05, 3.63) is 57.6 Å². The van der Waals surface area contributed by atoms with Gasteiger partial charge in [-0.2, -0.15) is 0 Å². The topological polar surface area (TPSA) is 42.4 Å². The number of ether oxygens (including phenoxy) is 1. The molecule has 27 heavy (non-hydrogen) atoms. The number of hydrogen-bond acceptors (Lipinski definition) is 4. The maximum atomic E-state index is 13.3. The van der Waals surface area contributed by atoms with Gasteiger partial charge in [0.15, 0.2) is 5.13 Å². The smallest absolute Gasteiger partial charge is 0.260 e. The Bertz CT molecular complexity index is 939. The van der Waals surface area contributed by atoms with Gasteiger partial charge in [0.1, 0.15) is 0 Å². The van der Waals surface area contributed by atoms with Gasteiger partial charge in [0.05, 0.1) is 22.9 Å². The second-order valence-electron chi connectivity index (χ2n) is 6.96. The number of fused-ring (bicyclic) bond motifs is 1. The van der Waals surface area contributed by atoms with E-state index >= 15 is 0 Å². The Kier molecular flexibility index (Phi) is 5.30. The molecule has 1 atom stereocenters. The first-order chi connectivity index (χ1) is 13.0. The SMILES string of the molecule is Cc1cc2nc(N(CC3CCCO3)C(=O)c3ccc(Br)cc3)sc2cc1C. The van der Waals surface area contributed by atoms with E-state index in [-0.39, 0.29) is 12.0 Å². The van der Waals surface area contributed by atoms with E-state index in [0.717, 1.165) is 39.3 Å². The first-order valence-corrected chi connectivity index (χ1v) is 10.7. The van der Waals surface area contributed by atoms with Crippen LogP contribution in [0.1, 0.15) is 34.3 Å². The van der Waals surface area contributed by atoms with Gasteiger partial charge >= 0.3 is 0 Å². The van der Waals surface area contributed by atoms with Gasteiger partial charge in [-0.1, -0.05) is 27.3 Å². The highest BCUT2D eigenvalue weighted by molar-refractivity contribution is 9.10. The summed E-state index contributed by atoms with van der Waals surface area (Å²) in [5.41, 5.74) is 4.05. The van der Waals surface area contributed by atoms with Crippen LogP contribution in [0.15, 0.2) is 40.9 Å². The lowest BCUT2D eigenvalue weighted by Crippen LogP contribution is -2.37. The number of aromatic nitrogens is 1. The lowest BCUT2D eigenvalue weighted by Gasteiger charge is -2.23. The summed E-state index contributed by atoms with van der Waals surface area (Å²) in [4.78, 5) is 19.8. The molecule has 2 aromatic carbocycles. The number of carbonyl (C=O) groups is 1. The molecule has 1 saturated heterocycles. The minimum Gasteiger partial charge on any atom is -0.376 e. The molecule has 0 bridgehead atoms. The van der Waals surface area contributed by atoms with Crippen LogP contribution in [0, 0.1) is 13.8 Å². The molecule has 0 N–H and O–H groups in total. The van der Waals surface area contributed by atoms with Crippen molar-refractivity contribution in [3.8, 4) is 0 Å². The van der Waals surface area contributed by atoms with Crippen LogP contribution in [0.4, 0.5) is 5.13 Å². The molecular formula is C21H21BrN2O2S. The average molecular weight is 445 g/mol. The molecule has 6 heteroatoms. The summed E-state index contributed by atoms with van der Waals surface area (Å²) in [5.74, 6) is -0.0366. The van der Waals surface area contributed by atoms with E-state index < -0.39 is 0 Å². The maximum Gasteiger partial charge on any atom is 0.260 e. The Hall–Kier alpha value is -1.76. The van der Waals surface area contributed by atoms with Crippen LogP contribution in [0.5, 0.6) is 0 Å². The average Bonchev–Trinajstić information content (AvgIpc) is 3.30. The lowest BCUT2D eigenvalue weighted by atomic mass is 10.1. The predicted molar refractivity (Wildman–Crippen MR) is 114 cm³/mol. The van der Waals surface area contributed by atoms with Gasteiger partial charge in [-0.15, -0.1) is 0 Å². The van der Waals surface area contributed by atoms with Crippen molar-refractivity contribution in [2.45, 2.75) is 32.8 Å². The zero-order valence-corrected chi connectivity index (χ0v) is 17.8. The summed E-state index contributed by atoms with van der Waals surface area (Å²) >= 11 is 5.00. The molecule has 4 nitrogen and oxygen atoms in total. The van der Waals surface area contributed by atoms with Gasteiger partial charge < -0.3 is 4.74 Å². The number of carbonyl (C=O) groups excluding carboxylic acids is 1. The molecular weight excluding hydrogens is 424 g/mol. The van der Waals surface area contributed by atoms with Crippen LogP contribution in [0.3, 0.4) is 0 Å². The largest absolute Gasteiger partial charge is 0.376 e. The summed E-state index contributed by atoms with van der Waals surface area (Å²) in [6.45, 7) is 5.49. The van der Waals surface area contributed by atoms with Crippen molar-refractivity contribution >= 4 is 48.5 Å². The zero-order valence-electron chi connectivity index (χ0n) is 15.4. The number of aryl methyl sites for hydroxylation is 2. The number of benzene rings is 2. The maximum absolute atomic E-state index is 13.3. The monoisotopic (exact) mass is 444 g/mol. The van der Waals surface area contributed by atoms with Crippen molar-refractivity contribution in [3.63, 3.8) is 0 Å². The summed E-state index contributed by atoms with van der Waals surface area (Å²) in [6.07, 6.45) is 2.09. The Labute approximate surface area is 171 Å². The molecule has 1 aliphatic rings. The number of halogens is 1. The van der Waals surface area contributed by atoms with Gasteiger partial charge in [0.25, 0.3) is 5.91 Å². The molecule has 140 valence electrons. The Morgan fingerprint density at radius 1 is 1.26 bits per heavy atom. The number of rotatable bonds is 4. The molecule has 0 saturated carbocycles. The minimum absolute atomic E-state index is 0.0366. The second-order valence-corrected chi connectivity index (χ2v) is 8.88. The normalized spacial score (nSPS) is 16.8. The second kappa shape index (κ2) is 7.70. The quantitative estimate of drug-likeness (QED) is 0.533. The van der Waals surface area contributed by atoms with Gasteiger partial charge in [0.2, 0.25) is 0 Å². The predicted octanol–water partition coefficient (Wildman–Crippen LogP) is 5.50. The van der Waals surface area contributed by atoms with E-state index in [1.165, 1.54) is 11.1 Å². The van der Waals surface area contributed by atoms with E-state index in [4.69, 9.17) is 9.72 Å². The van der Waals surface area contributed by atoms with Crippen LogP contribution in [-0.4, -0.2) is 30.1 Å². The molecule has 0 spiro atoms. The molecule has 1 fully saturated rings. The third kappa shape index (κ3) is 3.93. The molecule has 0 radical (unpaired) electrons. The van der Waals surface area contributed by atoms with Crippen molar-refractivity contribution in [1.82, 2.24) is 4.98 Å². The van der Waals surface area contributed by atoms with E-state index in [9.17, 15) is 4.79 Å². The highest BCUT2D eigenvalue weighted by Crippen LogP contribution is 2.32. The first kappa shape index (κ1) is 18.6. The first-order valence-electron chi connectivity index (χ1n) is 9.08. The van der Waals surface area contributed by atoms with Crippen molar-refractivity contribution in [2.75, 3.05) is 18.1 Å². The van der Waals surface area contributed by atoms with Gasteiger partial charge in [0, 0.05) is 16.6 Å². The van der Waals surface area contributed by atoms with Crippen LogP contribution in [-0.2, 0) is 4.74 Å². The molecule has 3 aromatic rings. The molecule has 4 rings (SSSR count). The van der Waals surface area contributed by atoms with Gasteiger partial charge in [-0.25, -0.2) is 4.98 Å². The summed E-state index contributed by atoms with van der Waals surface area (Å²) in [7, 11) is 0. The molecule has 1 unspecified atom stereocenters. The highest BCUT2D eigenvalue weighted by atomic mass is 79.9. The molecule has 1 aromatic heterocycles. The van der Waals surface area contributed by atoms with E-state index in [1.54, 1.807) is 16.2 Å². The molecule has 2 heterocycles. The summed E-state index contributed by atoms with van der Waals surface area (Å²) in [5, 5.41) is 0.735. The number of hydrogen-bond donors (Lipinski definition) is 0. The summed E-state index contributed by atoms with van der Waals surface area (Å²) < 4.78 is 7.86.